The molecule has 0 heterocycles. The molecule has 0 spiro atoms. The fraction of sp³-hybridized carbons (Fsp3) is 0.929. The van der Waals surface area contributed by atoms with Crippen molar-refractivity contribution >= 4 is 0 Å². The molecule has 0 saturated carbocycles. The number of hydrogen-bond acceptors (Lipinski definition) is 1. The summed E-state index contributed by atoms with van der Waals surface area (Å²) in [7, 11) is 0. The molecule has 0 aromatic heterocycles. The summed E-state index contributed by atoms with van der Waals surface area (Å²) in [5, 5.41) is 8.99. The van der Waals surface area contributed by atoms with Crippen LogP contribution in [-0.2, 0) is 0 Å². The van der Waals surface area contributed by atoms with Crippen molar-refractivity contribution in [3.8, 4) is 0 Å². The summed E-state index contributed by atoms with van der Waals surface area (Å²) in [5.74, 6) is 0. The summed E-state index contributed by atoms with van der Waals surface area (Å²) in [5.41, 5.74) is 0. The van der Waals surface area contributed by atoms with Crippen LogP contribution in [0.25, 0.3) is 0 Å². The lowest BCUT2D eigenvalue weighted by Crippen LogP contribution is -1.88. The number of aliphatic hydroxyl groups excluding tert-OH is 1. The van der Waals surface area contributed by atoms with E-state index >= 15 is 0 Å². The highest BCUT2D eigenvalue weighted by atomic mass is 16.3. The topological polar surface area (TPSA) is 20.2 Å². The van der Waals surface area contributed by atoms with E-state index in [1.54, 1.807) is 6.92 Å². The molecule has 0 fully saturated rings. The summed E-state index contributed by atoms with van der Waals surface area (Å²) in [6, 6.07) is 0. The largest absolute Gasteiger partial charge is 0.387 e. The predicted octanol–water partition coefficient (Wildman–Crippen LogP) is 5.22. The summed E-state index contributed by atoms with van der Waals surface area (Å²) < 4.78 is 0. The Kier molecular flexibility index (Phi) is 12.0. The highest BCUT2D eigenvalue weighted by Gasteiger charge is 1.96. The molecule has 0 aliphatic heterocycles. The first-order chi connectivity index (χ1) is 7.27. The zero-order valence-electron chi connectivity index (χ0n) is 10.7. The molecule has 1 nitrogen and oxygen atoms in total. The van der Waals surface area contributed by atoms with Crippen molar-refractivity contribution in [3.05, 3.63) is 6.10 Å². The van der Waals surface area contributed by atoms with Crippen LogP contribution in [0.15, 0.2) is 0 Å². The van der Waals surface area contributed by atoms with Crippen LogP contribution < -0.4 is 0 Å². The van der Waals surface area contributed by atoms with Gasteiger partial charge in [-0.25, -0.2) is 0 Å². The SMILES string of the molecule is CCCCCCCCCCCC[C](C)O. The Morgan fingerprint density at radius 1 is 0.733 bits per heavy atom. The molecule has 0 aliphatic carbocycles. The number of unbranched alkanes of at least 4 members (excludes halogenated alkanes) is 9. The van der Waals surface area contributed by atoms with Crippen LogP contribution in [0.1, 0.15) is 84.5 Å². The molecule has 1 heteroatoms. The zero-order chi connectivity index (χ0) is 11.4. The molecule has 1 radical (unpaired) electrons. The minimum atomic E-state index is 0.592. The summed E-state index contributed by atoms with van der Waals surface area (Å²) in [6.07, 6.45) is 15.1. The van der Waals surface area contributed by atoms with Crippen LogP contribution >= 0.6 is 0 Å². The maximum absolute atomic E-state index is 8.99. The highest BCUT2D eigenvalue weighted by Crippen LogP contribution is 2.13. The van der Waals surface area contributed by atoms with Gasteiger partial charge in [0.1, 0.15) is 0 Å². The van der Waals surface area contributed by atoms with Gasteiger partial charge in [0.2, 0.25) is 0 Å². The Bertz CT molecular complexity index is 110. The molecule has 0 bridgehead atoms. The van der Waals surface area contributed by atoms with E-state index in [0.29, 0.717) is 6.10 Å². The van der Waals surface area contributed by atoms with Crippen LogP contribution in [0, 0.1) is 6.10 Å². The zero-order valence-corrected chi connectivity index (χ0v) is 10.7. The number of aliphatic hydroxyl groups is 1. The first-order valence-corrected chi connectivity index (χ1v) is 6.78. The van der Waals surface area contributed by atoms with Gasteiger partial charge in [0.15, 0.2) is 0 Å². The molecule has 0 unspecified atom stereocenters. The normalized spacial score (nSPS) is 11.2. The first-order valence-electron chi connectivity index (χ1n) is 6.78. The Labute approximate surface area is 96.3 Å². The van der Waals surface area contributed by atoms with Gasteiger partial charge in [-0.05, 0) is 13.3 Å². The number of hydrogen-bond donors (Lipinski definition) is 1. The minimum Gasteiger partial charge on any atom is -0.387 e. The average Bonchev–Trinajstić information content (AvgIpc) is 2.20. The molecule has 0 rings (SSSR count). The van der Waals surface area contributed by atoms with Crippen LogP contribution in [-0.4, -0.2) is 5.11 Å². The second kappa shape index (κ2) is 12.0. The Balaban J connectivity index is 2.87. The summed E-state index contributed by atoms with van der Waals surface area (Å²) in [4.78, 5) is 0. The van der Waals surface area contributed by atoms with Crippen molar-refractivity contribution in [2.45, 2.75) is 84.5 Å². The lowest BCUT2D eigenvalue weighted by molar-refractivity contribution is 0.290. The van der Waals surface area contributed by atoms with Crippen LogP contribution in [0.2, 0.25) is 0 Å². The van der Waals surface area contributed by atoms with Crippen LogP contribution in [0.5, 0.6) is 0 Å². The molecule has 0 aliphatic rings. The van der Waals surface area contributed by atoms with Gasteiger partial charge in [-0.1, -0.05) is 71.1 Å². The van der Waals surface area contributed by atoms with Crippen molar-refractivity contribution in [3.63, 3.8) is 0 Å². The third-order valence-corrected chi connectivity index (χ3v) is 2.89. The van der Waals surface area contributed by atoms with Gasteiger partial charge in [0.05, 0.1) is 6.10 Å². The van der Waals surface area contributed by atoms with Gasteiger partial charge in [0.25, 0.3) is 0 Å². The molecule has 0 atom stereocenters. The fourth-order valence-corrected chi connectivity index (χ4v) is 1.87. The Morgan fingerprint density at radius 2 is 1.13 bits per heavy atom. The molecule has 15 heavy (non-hydrogen) atoms. The number of rotatable bonds is 11. The lowest BCUT2D eigenvalue weighted by atomic mass is 10.1. The fourth-order valence-electron chi connectivity index (χ4n) is 1.87. The maximum Gasteiger partial charge on any atom is 0.0902 e. The van der Waals surface area contributed by atoms with E-state index in [2.05, 4.69) is 6.92 Å². The van der Waals surface area contributed by atoms with E-state index in [1.807, 2.05) is 0 Å². The van der Waals surface area contributed by atoms with Gasteiger partial charge in [-0.15, -0.1) is 0 Å². The first kappa shape index (κ1) is 15.0. The third-order valence-electron chi connectivity index (χ3n) is 2.89. The van der Waals surface area contributed by atoms with Crippen molar-refractivity contribution in [1.29, 1.82) is 0 Å². The van der Waals surface area contributed by atoms with Crippen molar-refractivity contribution < 1.29 is 5.11 Å². The molecular formula is C14H29O. The average molecular weight is 213 g/mol. The second-order valence-electron chi connectivity index (χ2n) is 4.67. The van der Waals surface area contributed by atoms with Crippen molar-refractivity contribution in [2.24, 2.45) is 0 Å². The molecule has 1 N–H and O–H groups in total. The van der Waals surface area contributed by atoms with E-state index < -0.39 is 0 Å². The molecule has 0 amide bonds. The van der Waals surface area contributed by atoms with E-state index in [1.165, 1.54) is 57.8 Å². The van der Waals surface area contributed by atoms with Gasteiger partial charge in [-0.3, -0.25) is 0 Å². The monoisotopic (exact) mass is 213 g/mol. The standard InChI is InChI=1S/C14H29O/c1-3-4-5-6-7-8-9-10-11-12-13-14(2)15/h15H,3-13H2,1-2H3. The highest BCUT2D eigenvalue weighted by molar-refractivity contribution is 4.66. The van der Waals surface area contributed by atoms with Crippen molar-refractivity contribution in [1.82, 2.24) is 0 Å². The molecule has 0 aromatic carbocycles. The molecule has 0 aromatic rings. The van der Waals surface area contributed by atoms with E-state index in [4.69, 9.17) is 5.11 Å². The van der Waals surface area contributed by atoms with E-state index in [0.717, 1.165) is 12.8 Å². The van der Waals surface area contributed by atoms with E-state index in [9.17, 15) is 0 Å². The third kappa shape index (κ3) is 14.0. The molecule has 91 valence electrons. The lowest BCUT2D eigenvalue weighted by Gasteiger charge is -2.03. The Morgan fingerprint density at radius 3 is 1.53 bits per heavy atom. The predicted molar refractivity (Wildman–Crippen MR) is 67.3 cm³/mol. The minimum absolute atomic E-state index is 0.592. The smallest absolute Gasteiger partial charge is 0.0902 e. The molecule has 0 saturated heterocycles. The maximum atomic E-state index is 8.99. The second-order valence-corrected chi connectivity index (χ2v) is 4.67. The molecular weight excluding hydrogens is 184 g/mol. The summed E-state index contributed by atoms with van der Waals surface area (Å²) >= 11 is 0. The van der Waals surface area contributed by atoms with Gasteiger partial charge < -0.3 is 5.11 Å². The van der Waals surface area contributed by atoms with Gasteiger partial charge >= 0.3 is 0 Å². The van der Waals surface area contributed by atoms with Crippen LogP contribution in [0.3, 0.4) is 0 Å². The van der Waals surface area contributed by atoms with Gasteiger partial charge in [0, 0.05) is 0 Å². The van der Waals surface area contributed by atoms with Crippen LogP contribution in [0.4, 0.5) is 0 Å². The Hall–Kier alpha value is -0.0400. The summed E-state index contributed by atoms with van der Waals surface area (Å²) in [6.45, 7) is 4.06. The quantitative estimate of drug-likeness (QED) is 0.466. The van der Waals surface area contributed by atoms with Crippen molar-refractivity contribution in [2.75, 3.05) is 0 Å². The van der Waals surface area contributed by atoms with E-state index in [-0.39, 0.29) is 0 Å². The van der Waals surface area contributed by atoms with Gasteiger partial charge in [-0.2, -0.15) is 0 Å².